The van der Waals surface area contributed by atoms with Crippen LogP contribution in [0.15, 0.2) is 0 Å². The van der Waals surface area contributed by atoms with E-state index in [2.05, 4.69) is 17.6 Å². The van der Waals surface area contributed by atoms with Gasteiger partial charge in [-0.15, -0.1) is 0 Å². The van der Waals surface area contributed by atoms with Crippen molar-refractivity contribution < 1.29 is 9.53 Å². The highest BCUT2D eigenvalue weighted by atomic mass is 16.5. The van der Waals surface area contributed by atoms with Crippen molar-refractivity contribution in [3.05, 3.63) is 0 Å². The Kier molecular flexibility index (Phi) is 5.65. The summed E-state index contributed by atoms with van der Waals surface area (Å²) in [4.78, 5) is 11.6. The molecule has 0 aromatic heterocycles. The van der Waals surface area contributed by atoms with Crippen LogP contribution in [0.5, 0.6) is 0 Å². The lowest BCUT2D eigenvalue weighted by Crippen LogP contribution is -2.53. The minimum Gasteiger partial charge on any atom is -0.465 e. The maximum Gasteiger partial charge on any atom is 0.310 e. The van der Waals surface area contributed by atoms with Gasteiger partial charge in [-0.3, -0.25) is 4.79 Å². The van der Waals surface area contributed by atoms with Crippen LogP contribution in [0, 0.1) is 5.92 Å². The third-order valence-electron chi connectivity index (χ3n) is 2.79. The summed E-state index contributed by atoms with van der Waals surface area (Å²) in [5.41, 5.74) is 0. The Morgan fingerprint density at radius 2 is 2.33 bits per heavy atom. The van der Waals surface area contributed by atoms with Crippen LogP contribution in [0.3, 0.4) is 0 Å². The summed E-state index contributed by atoms with van der Waals surface area (Å²) in [5.74, 6) is -0.140. The first-order valence-corrected chi connectivity index (χ1v) is 5.86. The number of esters is 1. The van der Waals surface area contributed by atoms with E-state index in [1.807, 2.05) is 6.92 Å². The number of carbonyl (C=O) groups is 1. The normalized spacial score (nSPS) is 23.5. The fourth-order valence-corrected chi connectivity index (χ4v) is 1.64. The standard InChI is InChI=1S/C11H22N2O2/c1-3-4-7-15-11(14)9(2)10-8-12-5-6-13-10/h9-10,12-13H,3-8H2,1-2H3. The van der Waals surface area contributed by atoms with Crippen molar-refractivity contribution in [2.75, 3.05) is 26.2 Å². The maximum absolute atomic E-state index is 11.6. The van der Waals surface area contributed by atoms with Gasteiger partial charge in [0.2, 0.25) is 0 Å². The number of hydrogen-bond donors (Lipinski definition) is 2. The minimum absolute atomic E-state index is 0.0605. The zero-order valence-corrected chi connectivity index (χ0v) is 9.71. The zero-order chi connectivity index (χ0) is 11.1. The van der Waals surface area contributed by atoms with E-state index in [1.54, 1.807) is 0 Å². The lowest BCUT2D eigenvalue weighted by Gasteiger charge is -2.28. The molecular weight excluding hydrogens is 192 g/mol. The van der Waals surface area contributed by atoms with E-state index in [9.17, 15) is 4.79 Å². The van der Waals surface area contributed by atoms with Gasteiger partial charge in [0, 0.05) is 25.7 Å². The second-order valence-corrected chi connectivity index (χ2v) is 4.07. The van der Waals surface area contributed by atoms with Crippen LogP contribution in [0.2, 0.25) is 0 Å². The highest BCUT2D eigenvalue weighted by Gasteiger charge is 2.26. The lowest BCUT2D eigenvalue weighted by molar-refractivity contribution is -0.149. The highest BCUT2D eigenvalue weighted by Crippen LogP contribution is 2.07. The summed E-state index contributed by atoms with van der Waals surface area (Å²) >= 11 is 0. The van der Waals surface area contributed by atoms with Gasteiger partial charge in [-0.2, -0.15) is 0 Å². The molecule has 2 unspecified atom stereocenters. The third-order valence-corrected chi connectivity index (χ3v) is 2.79. The molecule has 4 nitrogen and oxygen atoms in total. The van der Waals surface area contributed by atoms with E-state index in [1.165, 1.54) is 0 Å². The van der Waals surface area contributed by atoms with Crippen LogP contribution in [0.4, 0.5) is 0 Å². The summed E-state index contributed by atoms with van der Waals surface area (Å²) in [6, 6.07) is 0.216. The molecule has 4 heteroatoms. The van der Waals surface area contributed by atoms with Gasteiger partial charge in [-0.1, -0.05) is 20.3 Å². The molecule has 0 aromatic rings. The summed E-state index contributed by atoms with van der Waals surface area (Å²) < 4.78 is 5.19. The van der Waals surface area contributed by atoms with Gasteiger partial charge in [0.1, 0.15) is 0 Å². The molecule has 0 radical (unpaired) electrons. The molecule has 0 saturated carbocycles. The number of carbonyl (C=O) groups excluding carboxylic acids is 1. The Hall–Kier alpha value is -0.610. The van der Waals surface area contributed by atoms with Crippen molar-refractivity contribution in [1.82, 2.24) is 10.6 Å². The second-order valence-electron chi connectivity index (χ2n) is 4.07. The molecule has 0 aromatic carbocycles. The topological polar surface area (TPSA) is 50.4 Å². The number of ether oxygens (including phenoxy) is 1. The van der Waals surface area contributed by atoms with Crippen LogP contribution < -0.4 is 10.6 Å². The van der Waals surface area contributed by atoms with E-state index in [-0.39, 0.29) is 17.9 Å². The molecule has 1 saturated heterocycles. The van der Waals surface area contributed by atoms with Crippen molar-refractivity contribution in [3.63, 3.8) is 0 Å². The molecule has 0 aliphatic carbocycles. The Balaban J connectivity index is 2.24. The largest absolute Gasteiger partial charge is 0.465 e. The van der Waals surface area contributed by atoms with Gasteiger partial charge in [0.05, 0.1) is 12.5 Å². The summed E-state index contributed by atoms with van der Waals surface area (Å²) in [6.45, 7) is 7.33. The summed E-state index contributed by atoms with van der Waals surface area (Å²) in [7, 11) is 0. The number of piperazine rings is 1. The van der Waals surface area contributed by atoms with Gasteiger partial charge < -0.3 is 15.4 Å². The summed E-state index contributed by atoms with van der Waals surface area (Å²) in [6.07, 6.45) is 2.01. The minimum atomic E-state index is -0.0790. The van der Waals surface area contributed by atoms with Crippen molar-refractivity contribution in [3.8, 4) is 0 Å². The van der Waals surface area contributed by atoms with E-state index in [0.717, 1.165) is 32.5 Å². The monoisotopic (exact) mass is 214 g/mol. The van der Waals surface area contributed by atoms with Crippen LogP contribution in [0.25, 0.3) is 0 Å². The average molecular weight is 214 g/mol. The molecule has 1 aliphatic heterocycles. The maximum atomic E-state index is 11.6. The summed E-state index contributed by atoms with van der Waals surface area (Å²) in [5, 5.41) is 6.59. The first kappa shape index (κ1) is 12.5. The molecule has 15 heavy (non-hydrogen) atoms. The van der Waals surface area contributed by atoms with Gasteiger partial charge >= 0.3 is 5.97 Å². The quantitative estimate of drug-likeness (QED) is 0.518. The Morgan fingerprint density at radius 1 is 1.53 bits per heavy atom. The van der Waals surface area contributed by atoms with Crippen molar-refractivity contribution in [2.45, 2.75) is 32.7 Å². The third kappa shape index (κ3) is 4.18. The molecule has 88 valence electrons. The molecule has 1 aliphatic rings. The zero-order valence-electron chi connectivity index (χ0n) is 9.71. The SMILES string of the molecule is CCCCOC(=O)C(C)C1CNCCN1. The average Bonchev–Trinajstić information content (AvgIpc) is 2.29. The molecule has 0 bridgehead atoms. The van der Waals surface area contributed by atoms with Crippen LogP contribution in [-0.2, 0) is 9.53 Å². The number of unbranched alkanes of at least 4 members (excludes halogenated alkanes) is 1. The highest BCUT2D eigenvalue weighted by molar-refractivity contribution is 5.72. The van der Waals surface area contributed by atoms with E-state index < -0.39 is 0 Å². The number of hydrogen-bond acceptors (Lipinski definition) is 4. The molecule has 1 rings (SSSR count). The second kappa shape index (κ2) is 6.80. The molecule has 0 spiro atoms. The lowest BCUT2D eigenvalue weighted by atomic mass is 10.0. The van der Waals surface area contributed by atoms with Gasteiger partial charge in [-0.25, -0.2) is 0 Å². The fraction of sp³-hybridized carbons (Fsp3) is 0.909. The molecule has 0 amide bonds. The van der Waals surface area contributed by atoms with Crippen molar-refractivity contribution in [1.29, 1.82) is 0 Å². The predicted octanol–water partition coefficient (Wildman–Crippen LogP) is 0.527. The molecular formula is C11H22N2O2. The van der Waals surface area contributed by atoms with Crippen LogP contribution in [-0.4, -0.2) is 38.3 Å². The van der Waals surface area contributed by atoms with E-state index in [4.69, 9.17) is 4.74 Å². The van der Waals surface area contributed by atoms with Crippen molar-refractivity contribution in [2.24, 2.45) is 5.92 Å². The Bertz CT molecular complexity index is 191. The molecule has 1 fully saturated rings. The fourth-order valence-electron chi connectivity index (χ4n) is 1.64. The van der Waals surface area contributed by atoms with Gasteiger partial charge in [-0.05, 0) is 6.42 Å². The van der Waals surface area contributed by atoms with E-state index in [0.29, 0.717) is 6.61 Å². The smallest absolute Gasteiger partial charge is 0.310 e. The van der Waals surface area contributed by atoms with Crippen LogP contribution >= 0.6 is 0 Å². The van der Waals surface area contributed by atoms with Crippen LogP contribution in [0.1, 0.15) is 26.7 Å². The number of rotatable bonds is 5. The predicted molar refractivity (Wildman–Crippen MR) is 59.7 cm³/mol. The van der Waals surface area contributed by atoms with Gasteiger partial charge in [0.15, 0.2) is 0 Å². The Morgan fingerprint density at radius 3 is 2.93 bits per heavy atom. The first-order chi connectivity index (χ1) is 7.25. The first-order valence-electron chi connectivity index (χ1n) is 5.86. The molecule has 1 heterocycles. The molecule has 2 atom stereocenters. The Labute approximate surface area is 91.8 Å². The van der Waals surface area contributed by atoms with Gasteiger partial charge in [0.25, 0.3) is 0 Å². The number of nitrogens with one attached hydrogen (secondary N) is 2. The van der Waals surface area contributed by atoms with Crippen molar-refractivity contribution >= 4 is 5.97 Å². The van der Waals surface area contributed by atoms with E-state index >= 15 is 0 Å². The molecule has 2 N–H and O–H groups in total.